The van der Waals surface area contributed by atoms with Crippen LogP contribution in [-0.2, 0) is 4.79 Å². The maximum absolute atomic E-state index is 11.2. The Balaban J connectivity index is 3.13. The molecule has 0 aliphatic carbocycles. The van der Waals surface area contributed by atoms with Gasteiger partial charge in [-0.3, -0.25) is 4.79 Å². The van der Waals surface area contributed by atoms with Crippen molar-refractivity contribution in [1.82, 2.24) is 0 Å². The highest BCUT2D eigenvalue weighted by Crippen LogP contribution is 1.89. The Kier molecular flexibility index (Phi) is 2.52. The third kappa shape index (κ3) is 5.56. The van der Waals surface area contributed by atoms with Crippen LogP contribution in [0.1, 0.15) is 13.3 Å². The van der Waals surface area contributed by atoms with E-state index in [9.17, 15) is 9.18 Å². The molecule has 0 fully saturated rings. The fourth-order valence-electron chi connectivity index (χ4n) is 0.232. The minimum Gasteiger partial charge on any atom is -0.393 e. The summed E-state index contributed by atoms with van der Waals surface area (Å²) in [6.45, 7) is 1.36. The molecule has 0 aromatic rings. The normalized spacial score (nSPS) is 13.6. The molecule has 3 heteroatoms. The summed E-state index contributed by atoms with van der Waals surface area (Å²) in [6, 6.07) is -1.46. The lowest BCUT2D eigenvalue weighted by Crippen LogP contribution is -2.03. The Bertz CT molecular complexity index is 70.1. The van der Waals surface area contributed by atoms with Crippen molar-refractivity contribution in [2.24, 2.45) is 0 Å². The molecule has 0 saturated heterocycles. The number of hydrogen-bond acceptors (Lipinski definition) is 2. The number of hydrogen-bond donors (Lipinski definition) is 1. The van der Waals surface area contributed by atoms with Gasteiger partial charge in [0.1, 0.15) is 0 Å². The van der Waals surface area contributed by atoms with Gasteiger partial charge in [0.25, 0.3) is 0 Å². The van der Waals surface area contributed by atoms with Crippen molar-refractivity contribution in [3.05, 3.63) is 0 Å². The van der Waals surface area contributed by atoms with E-state index < -0.39 is 12.1 Å². The molecule has 0 spiro atoms. The molecule has 0 aromatic carbocycles. The van der Waals surface area contributed by atoms with E-state index in [1.54, 1.807) is 0 Å². The summed E-state index contributed by atoms with van der Waals surface area (Å²) in [7, 11) is 0. The molecule has 7 heavy (non-hydrogen) atoms. The standard InChI is InChI=1S/C4H7FO2/c1-3(6)2-4(5)7/h3,6H,2H2,1H3. The predicted molar refractivity (Wildman–Crippen MR) is 22.4 cm³/mol. The first-order chi connectivity index (χ1) is 3.13. The average Bonchev–Trinajstić information content (AvgIpc) is 1.27. The Labute approximate surface area is 41.0 Å². The fourth-order valence-corrected chi connectivity index (χ4v) is 0.232. The summed E-state index contributed by atoms with van der Waals surface area (Å²) in [5.41, 5.74) is 0. The molecule has 0 aliphatic rings. The van der Waals surface area contributed by atoms with Gasteiger partial charge < -0.3 is 5.11 Å². The quantitative estimate of drug-likeness (QED) is 0.512. The Hall–Kier alpha value is -0.440. The Morgan fingerprint density at radius 3 is 2.43 bits per heavy atom. The molecule has 0 aliphatic heterocycles. The van der Waals surface area contributed by atoms with Crippen molar-refractivity contribution in [1.29, 1.82) is 0 Å². The summed E-state index contributed by atoms with van der Waals surface area (Å²) < 4.78 is 11.2. The molecular formula is C4H7FO2. The van der Waals surface area contributed by atoms with Gasteiger partial charge in [0, 0.05) is 0 Å². The maximum Gasteiger partial charge on any atom is 0.304 e. The minimum atomic E-state index is -1.46. The van der Waals surface area contributed by atoms with Crippen molar-refractivity contribution in [3.8, 4) is 0 Å². The first kappa shape index (κ1) is 6.56. The van der Waals surface area contributed by atoms with E-state index in [1.165, 1.54) is 6.92 Å². The van der Waals surface area contributed by atoms with Gasteiger partial charge in [-0.2, -0.15) is 4.39 Å². The molecule has 42 valence electrons. The van der Waals surface area contributed by atoms with Gasteiger partial charge in [-0.25, -0.2) is 0 Å². The van der Waals surface area contributed by atoms with Crippen molar-refractivity contribution < 1.29 is 14.3 Å². The van der Waals surface area contributed by atoms with Crippen LogP contribution >= 0.6 is 0 Å². The highest BCUT2D eigenvalue weighted by Gasteiger charge is 2.01. The largest absolute Gasteiger partial charge is 0.393 e. The van der Waals surface area contributed by atoms with E-state index in [0.717, 1.165) is 0 Å². The van der Waals surface area contributed by atoms with E-state index in [2.05, 4.69) is 0 Å². The molecule has 0 aromatic heterocycles. The molecule has 0 radical (unpaired) electrons. The van der Waals surface area contributed by atoms with Crippen LogP contribution in [0, 0.1) is 0 Å². The molecule has 1 atom stereocenters. The number of aliphatic hydroxyl groups is 1. The summed E-state index contributed by atoms with van der Waals surface area (Å²) >= 11 is 0. The van der Waals surface area contributed by atoms with Crippen molar-refractivity contribution >= 4 is 6.04 Å². The van der Waals surface area contributed by atoms with Gasteiger partial charge in [-0.15, -0.1) is 0 Å². The van der Waals surface area contributed by atoms with E-state index >= 15 is 0 Å². The SMILES string of the molecule is CC(O)CC(=O)F. The zero-order chi connectivity index (χ0) is 5.86. The molecule has 1 N–H and O–H groups in total. The van der Waals surface area contributed by atoms with E-state index in [4.69, 9.17) is 5.11 Å². The molecule has 0 amide bonds. The van der Waals surface area contributed by atoms with E-state index in [1.807, 2.05) is 0 Å². The highest BCUT2D eigenvalue weighted by atomic mass is 19.1. The third-order valence-electron chi connectivity index (χ3n) is 0.456. The van der Waals surface area contributed by atoms with Gasteiger partial charge in [0.15, 0.2) is 0 Å². The second-order valence-electron chi connectivity index (χ2n) is 1.41. The smallest absolute Gasteiger partial charge is 0.304 e. The van der Waals surface area contributed by atoms with Crippen LogP contribution in [0.2, 0.25) is 0 Å². The lowest BCUT2D eigenvalue weighted by molar-refractivity contribution is -0.131. The van der Waals surface area contributed by atoms with Crippen molar-refractivity contribution in [3.63, 3.8) is 0 Å². The monoisotopic (exact) mass is 106 g/mol. The van der Waals surface area contributed by atoms with Gasteiger partial charge in [-0.05, 0) is 6.92 Å². The van der Waals surface area contributed by atoms with Crippen LogP contribution in [0.5, 0.6) is 0 Å². The second kappa shape index (κ2) is 2.69. The topological polar surface area (TPSA) is 37.3 Å². The third-order valence-corrected chi connectivity index (χ3v) is 0.456. The minimum absolute atomic E-state index is 0.389. The second-order valence-corrected chi connectivity index (χ2v) is 1.41. The average molecular weight is 106 g/mol. The van der Waals surface area contributed by atoms with Crippen LogP contribution in [0.25, 0.3) is 0 Å². The first-order valence-electron chi connectivity index (χ1n) is 1.99. The molecule has 0 saturated carbocycles. The van der Waals surface area contributed by atoms with Crippen LogP contribution in [0.15, 0.2) is 0 Å². The molecule has 2 nitrogen and oxygen atoms in total. The molecule has 0 heterocycles. The fraction of sp³-hybridized carbons (Fsp3) is 0.750. The number of rotatable bonds is 2. The predicted octanol–water partition coefficient (Wildman–Crippen LogP) is 0.253. The van der Waals surface area contributed by atoms with Crippen LogP contribution in [0.3, 0.4) is 0 Å². The Morgan fingerprint density at radius 2 is 2.43 bits per heavy atom. The number of carbonyl (C=O) groups is 1. The summed E-state index contributed by atoms with van der Waals surface area (Å²) in [5, 5.41) is 8.26. The summed E-state index contributed by atoms with van der Waals surface area (Å²) in [4.78, 5) is 9.43. The van der Waals surface area contributed by atoms with E-state index in [-0.39, 0.29) is 6.42 Å². The summed E-state index contributed by atoms with van der Waals surface area (Å²) in [6.07, 6.45) is -1.24. The zero-order valence-electron chi connectivity index (χ0n) is 4.02. The van der Waals surface area contributed by atoms with Crippen molar-refractivity contribution in [2.45, 2.75) is 19.4 Å². The lowest BCUT2D eigenvalue weighted by Gasteiger charge is -1.92. The van der Waals surface area contributed by atoms with Crippen LogP contribution in [0.4, 0.5) is 4.39 Å². The molecule has 0 bridgehead atoms. The molecular weight excluding hydrogens is 99.0 g/mol. The number of carbonyl (C=O) groups excluding carboxylic acids is 1. The lowest BCUT2D eigenvalue weighted by atomic mass is 10.3. The van der Waals surface area contributed by atoms with E-state index in [0.29, 0.717) is 0 Å². The van der Waals surface area contributed by atoms with Crippen LogP contribution < -0.4 is 0 Å². The van der Waals surface area contributed by atoms with Gasteiger partial charge in [0.2, 0.25) is 0 Å². The van der Waals surface area contributed by atoms with Crippen LogP contribution in [-0.4, -0.2) is 17.2 Å². The number of aliphatic hydroxyl groups excluding tert-OH is 1. The first-order valence-corrected chi connectivity index (χ1v) is 1.99. The Morgan fingerprint density at radius 1 is 2.00 bits per heavy atom. The van der Waals surface area contributed by atoms with Gasteiger partial charge in [0.05, 0.1) is 12.5 Å². The maximum atomic E-state index is 11.2. The highest BCUT2D eigenvalue weighted by molar-refractivity contribution is 5.68. The summed E-state index contributed by atoms with van der Waals surface area (Å²) in [5.74, 6) is 0. The van der Waals surface area contributed by atoms with Gasteiger partial charge >= 0.3 is 6.04 Å². The molecule has 1 unspecified atom stereocenters. The molecule has 0 rings (SSSR count). The zero-order valence-corrected chi connectivity index (χ0v) is 4.02. The van der Waals surface area contributed by atoms with Crippen molar-refractivity contribution in [2.75, 3.05) is 0 Å². The number of halogens is 1. The van der Waals surface area contributed by atoms with Gasteiger partial charge in [-0.1, -0.05) is 0 Å².